The van der Waals surface area contributed by atoms with Crippen molar-refractivity contribution in [3.63, 3.8) is 0 Å². The first-order chi connectivity index (χ1) is 22.8. The Morgan fingerprint density at radius 1 is 0.854 bits per heavy atom. The van der Waals surface area contributed by atoms with Crippen LogP contribution in [0.5, 0.6) is 5.75 Å². The molecule has 0 radical (unpaired) electrons. The van der Waals surface area contributed by atoms with Crippen molar-refractivity contribution >= 4 is 42.9 Å². The largest absolute Gasteiger partial charge is 0.573 e. The summed E-state index contributed by atoms with van der Waals surface area (Å²) in [5, 5.41) is 12.4. The van der Waals surface area contributed by atoms with E-state index < -0.39 is 50.2 Å². The minimum atomic E-state index is -4.92. The first kappa shape index (κ1) is 34.2. The number of aryl methyl sites for hydroxylation is 2. The number of aliphatic hydroxyl groups is 1. The van der Waals surface area contributed by atoms with Gasteiger partial charge in [-0.25, -0.2) is 21.7 Å². The summed E-state index contributed by atoms with van der Waals surface area (Å²) in [5.41, 5.74) is 3.62. The average molecular weight is 721 g/mol. The summed E-state index contributed by atoms with van der Waals surface area (Å²) in [6, 6.07) is 23.6. The molecule has 2 aliphatic rings. The molecule has 15 heteroatoms. The van der Waals surface area contributed by atoms with Crippen molar-refractivity contribution in [1.82, 2.24) is 9.03 Å². The predicted octanol–water partition coefficient (Wildman–Crippen LogP) is 5.94. The van der Waals surface area contributed by atoms with Gasteiger partial charge in [0.25, 0.3) is 0 Å². The first-order valence-corrected chi connectivity index (χ1v) is 18.3. The van der Waals surface area contributed by atoms with Crippen LogP contribution in [0, 0.1) is 0 Å². The van der Waals surface area contributed by atoms with E-state index in [1.807, 2.05) is 53.4 Å². The lowest BCUT2D eigenvalue weighted by molar-refractivity contribution is -0.274. The molecule has 48 heavy (non-hydrogen) atoms. The molecular formula is C33H32ClF3N4O5S2. The Bertz CT molecular complexity index is 1990. The molecule has 0 spiro atoms. The molecule has 0 amide bonds. The van der Waals surface area contributed by atoms with Gasteiger partial charge in [0.05, 0.1) is 28.0 Å². The number of piperidine rings is 1. The van der Waals surface area contributed by atoms with Crippen molar-refractivity contribution in [3.8, 4) is 5.75 Å². The Kier molecular flexibility index (Phi) is 9.50. The van der Waals surface area contributed by atoms with Gasteiger partial charge in [0.15, 0.2) is 0 Å². The van der Waals surface area contributed by atoms with Gasteiger partial charge in [-0.2, -0.15) is 4.31 Å². The fourth-order valence-electron chi connectivity index (χ4n) is 6.23. The van der Waals surface area contributed by atoms with Crippen LogP contribution < -0.4 is 14.4 Å². The maximum absolute atomic E-state index is 14.3. The van der Waals surface area contributed by atoms with Crippen molar-refractivity contribution in [2.24, 2.45) is 4.36 Å². The van der Waals surface area contributed by atoms with Gasteiger partial charge in [-0.15, -0.1) is 13.2 Å². The van der Waals surface area contributed by atoms with Gasteiger partial charge in [0.1, 0.15) is 15.7 Å². The van der Waals surface area contributed by atoms with Crippen LogP contribution in [0.2, 0.25) is 5.02 Å². The number of alkyl halides is 3. The van der Waals surface area contributed by atoms with Gasteiger partial charge in [0, 0.05) is 36.5 Å². The molecule has 4 aromatic carbocycles. The lowest BCUT2D eigenvalue weighted by Gasteiger charge is -2.46. The van der Waals surface area contributed by atoms with E-state index in [1.165, 1.54) is 41.7 Å². The molecule has 6 rings (SSSR count). The van der Waals surface area contributed by atoms with Crippen molar-refractivity contribution in [2.45, 2.75) is 47.2 Å². The number of benzene rings is 4. The summed E-state index contributed by atoms with van der Waals surface area (Å²) in [7, 11) is -6.54. The number of rotatable bonds is 7. The van der Waals surface area contributed by atoms with Crippen molar-refractivity contribution in [3.05, 3.63) is 113 Å². The molecule has 4 unspecified atom stereocenters. The second-order valence-corrected chi connectivity index (χ2v) is 15.9. The molecule has 2 N–H and O–H groups in total. The molecule has 254 valence electrons. The molecule has 4 atom stereocenters. The molecule has 0 aliphatic carbocycles. The number of aliphatic hydroxyl groups excluding tert-OH is 1. The van der Waals surface area contributed by atoms with E-state index in [9.17, 15) is 30.9 Å². The Hall–Kier alpha value is -3.66. The second kappa shape index (κ2) is 13.3. The van der Waals surface area contributed by atoms with Crippen LogP contribution >= 0.6 is 11.6 Å². The highest BCUT2D eigenvalue weighted by Gasteiger charge is 2.46. The van der Waals surface area contributed by atoms with Crippen LogP contribution in [0.15, 0.2) is 111 Å². The van der Waals surface area contributed by atoms with Gasteiger partial charge in [-0.1, -0.05) is 54.1 Å². The fourth-order valence-corrected chi connectivity index (χ4v) is 9.60. The second-order valence-electron chi connectivity index (χ2n) is 11.4. The monoisotopic (exact) mass is 720 g/mol. The number of halogens is 4. The number of hydrogen-bond acceptors (Lipinski definition) is 7. The molecule has 0 bridgehead atoms. The Balaban J connectivity index is 1.44. The van der Waals surface area contributed by atoms with Crippen molar-refractivity contribution in [2.75, 3.05) is 25.0 Å². The number of sulfonamides is 1. The molecule has 0 saturated carbocycles. The van der Waals surface area contributed by atoms with E-state index in [-0.39, 0.29) is 27.9 Å². The number of nitrogens with zero attached hydrogens (tertiary/aromatic N) is 3. The van der Waals surface area contributed by atoms with Gasteiger partial charge in [-0.05, 0) is 78.6 Å². The van der Waals surface area contributed by atoms with Gasteiger partial charge in [0.2, 0.25) is 10.0 Å². The topological polar surface area (TPSA) is 112 Å². The van der Waals surface area contributed by atoms with E-state index in [2.05, 4.69) is 13.8 Å². The van der Waals surface area contributed by atoms with Gasteiger partial charge >= 0.3 is 6.36 Å². The number of nitrogens with one attached hydrogen (secondary N) is 1. The Morgan fingerprint density at radius 2 is 1.46 bits per heavy atom. The molecular weight excluding hydrogens is 689 g/mol. The number of anilines is 2. The Labute approximate surface area is 282 Å². The smallest absolute Gasteiger partial charge is 0.406 e. The third-order valence-electron chi connectivity index (χ3n) is 8.47. The van der Waals surface area contributed by atoms with Gasteiger partial charge < -0.3 is 14.7 Å². The summed E-state index contributed by atoms with van der Waals surface area (Å²) in [6.45, 7) is -0.434. The normalized spacial score (nSPS) is 21.4. The summed E-state index contributed by atoms with van der Waals surface area (Å²) in [6.07, 6.45) is -4.78. The molecule has 0 aromatic heterocycles. The van der Waals surface area contributed by atoms with Gasteiger partial charge in [-0.3, -0.25) is 0 Å². The predicted molar refractivity (Wildman–Crippen MR) is 177 cm³/mol. The number of fused-ring (bicyclic) bond motifs is 2. The molecule has 1 fully saturated rings. The zero-order valence-electron chi connectivity index (χ0n) is 25.5. The molecule has 1 saturated heterocycles. The highest BCUT2D eigenvalue weighted by molar-refractivity contribution is 7.91. The molecule has 2 aliphatic heterocycles. The molecule has 4 aromatic rings. The van der Waals surface area contributed by atoms with E-state index in [0.717, 1.165) is 47.5 Å². The van der Waals surface area contributed by atoms with Crippen LogP contribution in [0.4, 0.5) is 24.5 Å². The third kappa shape index (κ3) is 6.91. The van der Waals surface area contributed by atoms with E-state index in [4.69, 9.17) is 11.6 Å². The summed E-state index contributed by atoms with van der Waals surface area (Å²) in [4.78, 5) is 1.91. The van der Waals surface area contributed by atoms with Crippen molar-refractivity contribution < 1.29 is 35.6 Å². The summed E-state index contributed by atoms with van der Waals surface area (Å²) < 4.78 is 93.1. The minimum absolute atomic E-state index is 0.0172. The zero-order valence-corrected chi connectivity index (χ0v) is 27.9. The standard InChI is InChI=1S/C33H32ClF3N4O5S2/c1-38-47(43,26-17-15-25(16-18-26)46-33(35,36)37)39-28-20-40(48(44,45)27-10-6-9-24(34)19-27)21-31(32(28)42)41-29-11-4-2-7-22(29)13-14-23-8-3-5-12-30(23)41/h2-12,15-19,28,31-32,42H,13-14,20-21H2,1H3,(H,38,39,43). The van der Waals surface area contributed by atoms with Crippen molar-refractivity contribution in [1.29, 1.82) is 0 Å². The maximum atomic E-state index is 14.3. The molecule has 9 nitrogen and oxygen atoms in total. The van der Waals surface area contributed by atoms with Crippen LogP contribution in [0.1, 0.15) is 11.1 Å². The first-order valence-electron chi connectivity index (χ1n) is 15.0. The molecule has 2 heterocycles. The zero-order chi connectivity index (χ0) is 34.3. The summed E-state index contributed by atoms with van der Waals surface area (Å²) >= 11 is 6.18. The summed E-state index contributed by atoms with van der Waals surface area (Å²) in [5.74, 6) is -0.515. The lowest BCUT2D eigenvalue weighted by Crippen LogP contribution is -2.65. The third-order valence-corrected chi connectivity index (χ3v) is 12.6. The number of hydrogen-bond donors (Lipinski definition) is 2. The van der Waals surface area contributed by atoms with Crippen LogP contribution in [0.25, 0.3) is 0 Å². The van der Waals surface area contributed by atoms with Crippen LogP contribution in [-0.4, -0.2) is 66.7 Å². The Morgan fingerprint density at radius 3 is 2.02 bits per heavy atom. The maximum Gasteiger partial charge on any atom is 0.573 e. The number of ether oxygens (including phenoxy) is 1. The highest BCUT2D eigenvalue weighted by atomic mass is 35.5. The van der Waals surface area contributed by atoms with Crippen LogP contribution in [0.3, 0.4) is 0 Å². The van der Waals surface area contributed by atoms with E-state index in [0.29, 0.717) is 0 Å². The number of para-hydroxylation sites is 2. The van der Waals surface area contributed by atoms with Crippen LogP contribution in [-0.2, 0) is 32.8 Å². The van der Waals surface area contributed by atoms with E-state index >= 15 is 0 Å². The minimum Gasteiger partial charge on any atom is -0.406 e. The lowest BCUT2D eigenvalue weighted by atomic mass is 9.96. The van der Waals surface area contributed by atoms with E-state index in [1.54, 1.807) is 6.07 Å². The quantitative estimate of drug-likeness (QED) is 0.245. The highest BCUT2D eigenvalue weighted by Crippen LogP contribution is 2.40. The fraction of sp³-hybridized carbons (Fsp3) is 0.273. The SMILES string of the molecule is CN=S(=O)(NC1CN(S(=O)(=O)c2cccc(Cl)c2)CC(N2c3ccccc3CCc3ccccc32)C1O)c1ccc(OC(F)(F)F)cc1. The average Bonchev–Trinajstić information content (AvgIpc) is 3.22.